The van der Waals surface area contributed by atoms with Crippen molar-refractivity contribution < 1.29 is 9.66 Å². The second-order valence-electron chi connectivity index (χ2n) is 4.87. The van der Waals surface area contributed by atoms with E-state index in [0.29, 0.717) is 11.2 Å². The smallest absolute Gasteiger partial charge is 0.319 e. The predicted molar refractivity (Wildman–Crippen MR) is 78.3 cm³/mol. The van der Waals surface area contributed by atoms with Crippen molar-refractivity contribution in [2.24, 2.45) is 0 Å². The van der Waals surface area contributed by atoms with Crippen LogP contribution in [0.2, 0.25) is 0 Å². The fourth-order valence-electron chi connectivity index (χ4n) is 2.79. The van der Waals surface area contributed by atoms with Gasteiger partial charge in [-0.3, -0.25) is 10.1 Å². The van der Waals surface area contributed by atoms with E-state index in [1.54, 1.807) is 18.7 Å². The van der Waals surface area contributed by atoms with Gasteiger partial charge in [-0.2, -0.15) is 0 Å². The Morgan fingerprint density at radius 1 is 1.50 bits per heavy atom. The van der Waals surface area contributed by atoms with E-state index in [1.165, 1.54) is 11.3 Å². The summed E-state index contributed by atoms with van der Waals surface area (Å²) in [5.41, 5.74) is 2.68. The van der Waals surface area contributed by atoms with Gasteiger partial charge in [-0.05, 0) is 31.4 Å². The van der Waals surface area contributed by atoms with Gasteiger partial charge < -0.3 is 10.1 Å². The lowest BCUT2D eigenvalue weighted by molar-refractivity contribution is -0.382. The van der Waals surface area contributed by atoms with Crippen LogP contribution in [0.15, 0.2) is 17.6 Å². The number of methoxy groups -OCH3 is 1. The lowest BCUT2D eigenvalue weighted by atomic mass is 10.1. The maximum Gasteiger partial charge on any atom is 0.319 e. The van der Waals surface area contributed by atoms with Crippen molar-refractivity contribution in [3.63, 3.8) is 0 Å². The lowest BCUT2D eigenvalue weighted by Gasteiger charge is -2.20. The van der Waals surface area contributed by atoms with Crippen LogP contribution in [0.25, 0.3) is 10.2 Å². The monoisotopic (exact) mass is 293 g/mol. The summed E-state index contributed by atoms with van der Waals surface area (Å²) in [6.07, 6.45) is 3.13. The van der Waals surface area contributed by atoms with E-state index in [2.05, 4.69) is 10.3 Å². The molecule has 2 atom stereocenters. The molecule has 0 saturated heterocycles. The van der Waals surface area contributed by atoms with Gasteiger partial charge in [-0.25, -0.2) is 4.98 Å². The molecule has 7 heteroatoms. The van der Waals surface area contributed by atoms with Gasteiger partial charge in [0.2, 0.25) is 0 Å². The number of aromatic nitrogens is 1. The fourth-order valence-corrected chi connectivity index (χ4v) is 3.47. The van der Waals surface area contributed by atoms with Crippen LogP contribution in [0.4, 0.5) is 11.4 Å². The molecule has 2 aromatic rings. The molecule has 1 N–H and O–H groups in total. The maximum atomic E-state index is 11.4. The van der Waals surface area contributed by atoms with E-state index in [-0.39, 0.29) is 22.8 Å². The number of nitro groups is 1. The summed E-state index contributed by atoms with van der Waals surface area (Å²) in [6.45, 7) is 0. The molecule has 20 heavy (non-hydrogen) atoms. The first-order valence-electron chi connectivity index (χ1n) is 6.50. The second kappa shape index (κ2) is 5.34. The maximum absolute atomic E-state index is 11.4. The number of nitro benzene ring substituents is 1. The molecule has 106 valence electrons. The van der Waals surface area contributed by atoms with E-state index in [0.717, 1.165) is 24.0 Å². The molecular formula is C13H15N3O3S. The molecule has 1 aliphatic carbocycles. The zero-order chi connectivity index (χ0) is 14.1. The first kappa shape index (κ1) is 13.3. The van der Waals surface area contributed by atoms with Gasteiger partial charge in [-0.1, -0.05) is 0 Å². The molecule has 0 amide bonds. The van der Waals surface area contributed by atoms with E-state index in [4.69, 9.17) is 4.74 Å². The molecule has 1 aromatic heterocycles. The molecule has 1 fully saturated rings. The third-order valence-corrected chi connectivity index (χ3v) is 4.55. The van der Waals surface area contributed by atoms with Crippen molar-refractivity contribution in [3.05, 3.63) is 27.8 Å². The summed E-state index contributed by atoms with van der Waals surface area (Å²) in [6, 6.07) is 3.76. The average molecular weight is 293 g/mol. The van der Waals surface area contributed by atoms with Crippen molar-refractivity contribution in [3.8, 4) is 0 Å². The van der Waals surface area contributed by atoms with Crippen LogP contribution in [-0.4, -0.2) is 29.2 Å². The third kappa shape index (κ3) is 2.23. The highest BCUT2D eigenvalue weighted by Crippen LogP contribution is 2.36. The molecule has 0 bridgehead atoms. The van der Waals surface area contributed by atoms with Gasteiger partial charge in [-0.15, -0.1) is 11.3 Å². The summed E-state index contributed by atoms with van der Waals surface area (Å²) in [5.74, 6) is 0. The summed E-state index contributed by atoms with van der Waals surface area (Å²) < 4.78 is 6.25. The standard InChI is InChI=1S/C13H15N3O3S/c1-19-10-4-2-3-8(10)15-9-5-6-11-12(14-7-20-11)13(9)16(17)18/h5-8,10,15H,2-4H2,1H3. The van der Waals surface area contributed by atoms with Crippen LogP contribution < -0.4 is 5.32 Å². The number of benzene rings is 1. The van der Waals surface area contributed by atoms with Gasteiger partial charge in [0.15, 0.2) is 5.52 Å². The molecule has 1 aliphatic rings. The zero-order valence-corrected chi connectivity index (χ0v) is 11.9. The second-order valence-corrected chi connectivity index (χ2v) is 5.76. The first-order valence-corrected chi connectivity index (χ1v) is 7.38. The third-order valence-electron chi connectivity index (χ3n) is 3.75. The minimum Gasteiger partial charge on any atom is -0.379 e. The highest BCUT2D eigenvalue weighted by atomic mass is 32.1. The van der Waals surface area contributed by atoms with Gasteiger partial charge in [0.25, 0.3) is 0 Å². The summed E-state index contributed by atoms with van der Waals surface area (Å²) in [5, 5.41) is 14.6. The molecule has 1 saturated carbocycles. The Hall–Kier alpha value is -1.73. The largest absolute Gasteiger partial charge is 0.379 e. The Labute approximate surface area is 119 Å². The van der Waals surface area contributed by atoms with Crippen LogP contribution in [0.1, 0.15) is 19.3 Å². The quantitative estimate of drug-likeness (QED) is 0.692. The number of thiazole rings is 1. The Morgan fingerprint density at radius 2 is 2.35 bits per heavy atom. The zero-order valence-electron chi connectivity index (χ0n) is 11.0. The number of rotatable bonds is 4. The predicted octanol–water partition coefficient (Wildman–Crippen LogP) is 3.18. The van der Waals surface area contributed by atoms with Gasteiger partial charge in [0.1, 0.15) is 5.69 Å². The van der Waals surface area contributed by atoms with E-state index in [1.807, 2.05) is 6.07 Å². The van der Waals surface area contributed by atoms with Crippen molar-refractivity contribution in [2.75, 3.05) is 12.4 Å². The van der Waals surface area contributed by atoms with Gasteiger partial charge >= 0.3 is 5.69 Å². The molecule has 0 spiro atoms. The molecule has 1 heterocycles. The molecule has 6 nitrogen and oxygen atoms in total. The van der Waals surface area contributed by atoms with Crippen molar-refractivity contribution >= 4 is 32.9 Å². The SMILES string of the molecule is COC1CCCC1Nc1ccc2scnc2c1[N+](=O)[O-]. The highest BCUT2D eigenvalue weighted by molar-refractivity contribution is 7.16. The van der Waals surface area contributed by atoms with Crippen molar-refractivity contribution in [2.45, 2.75) is 31.4 Å². The average Bonchev–Trinajstić information content (AvgIpc) is 3.06. The van der Waals surface area contributed by atoms with Crippen LogP contribution in [0.3, 0.4) is 0 Å². The molecule has 0 aliphatic heterocycles. The summed E-state index contributed by atoms with van der Waals surface area (Å²) in [7, 11) is 1.68. The molecule has 3 rings (SSSR count). The van der Waals surface area contributed by atoms with Crippen LogP contribution in [0, 0.1) is 10.1 Å². The Balaban J connectivity index is 1.98. The van der Waals surface area contributed by atoms with Gasteiger partial charge in [0.05, 0.1) is 27.3 Å². The number of anilines is 1. The summed E-state index contributed by atoms with van der Waals surface area (Å²) in [4.78, 5) is 15.1. The first-order chi connectivity index (χ1) is 9.70. The fraction of sp³-hybridized carbons (Fsp3) is 0.462. The Morgan fingerprint density at radius 3 is 3.10 bits per heavy atom. The number of hydrogen-bond donors (Lipinski definition) is 1. The number of nitrogens with zero attached hydrogens (tertiary/aromatic N) is 2. The van der Waals surface area contributed by atoms with Crippen molar-refractivity contribution in [1.29, 1.82) is 0 Å². The van der Waals surface area contributed by atoms with E-state index in [9.17, 15) is 10.1 Å². The topological polar surface area (TPSA) is 77.3 Å². The minimum absolute atomic E-state index is 0.0607. The highest BCUT2D eigenvalue weighted by Gasteiger charge is 2.30. The Bertz CT molecular complexity index is 643. The summed E-state index contributed by atoms with van der Waals surface area (Å²) >= 11 is 1.41. The minimum atomic E-state index is -0.360. The van der Waals surface area contributed by atoms with E-state index < -0.39 is 0 Å². The normalized spacial score (nSPS) is 22.2. The lowest BCUT2D eigenvalue weighted by Crippen LogP contribution is -2.30. The van der Waals surface area contributed by atoms with E-state index >= 15 is 0 Å². The number of hydrogen-bond acceptors (Lipinski definition) is 6. The number of fused-ring (bicyclic) bond motifs is 1. The van der Waals surface area contributed by atoms with Crippen molar-refractivity contribution in [1.82, 2.24) is 4.98 Å². The molecule has 2 unspecified atom stereocenters. The Kier molecular flexibility index (Phi) is 3.54. The molecule has 1 aromatic carbocycles. The van der Waals surface area contributed by atoms with Crippen LogP contribution in [-0.2, 0) is 4.74 Å². The van der Waals surface area contributed by atoms with Crippen LogP contribution in [0.5, 0.6) is 0 Å². The van der Waals surface area contributed by atoms with Gasteiger partial charge in [0, 0.05) is 7.11 Å². The number of ether oxygens (including phenoxy) is 1. The molecule has 0 radical (unpaired) electrons. The van der Waals surface area contributed by atoms with Crippen LogP contribution >= 0.6 is 11.3 Å². The molecular weight excluding hydrogens is 278 g/mol. The number of nitrogens with one attached hydrogen (secondary N) is 1.